The molecule has 0 unspecified atom stereocenters. The predicted octanol–water partition coefficient (Wildman–Crippen LogP) is 4.20. The van der Waals surface area contributed by atoms with E-state index in [0.29, 0.717) is 0 Å². The van der Waals surface area contributed by atoms with Crippen molar-refractivity contribution in [1.29, 1.82) is 0 Å². The van der Waals surface area contributed by atoms with Gasteiger partial charge in [-0.25, -0.2) is 4.68 Å². The fourth-order valence-electron chi connectivity index (χ4n) is 3.39. The van der Waals surface area contributed by atoms with E-state index in [1.807, 2.05) is 22.9 Å². The number of nitrogens with zero attached hydrogens (tertiary/aromatic N) is 3. The summed E-state index contributed by atoms with van der Waals surface area (Å²) in [6.07, 6.45) is 2.40. The van der Waals surface area contributed by atoms with Gasteiger partial charge in [0.1, 0.15) is 17.8 Å². The predicted molar refractivity (Wildman–Crippen MR) is 103 cm³/mol. The van der Waals surface area contributed by atoms with E-state index < -0.39 is 0 Å². The number of nitrogens with one attached hydrogen (secondary N) is 1. The molecule has 0 amide bonds. The van der Waals surface area contributed by atoms with Gasteiger partial charge in [0.15, 0.2) is 0 Å². The van der Waals surface area contributed by atoms with E-state index in [2.05, 4.69) is 55.6 Å². The van der Waals surface area contributed by atoms with Crippen molar-refractivity contribution in [1.82, 2.24) is 14.8 Å². The molecule has 134 valence electrons. The summed E-state index contributed by atoms with van der Waals surface area (Å²) >= 11 is 3.50. The Labute approximate surface area is 160 Å². The number of rotatable bonds is 4. The molecule has 26 heavy (non-hydrogen) atoms. The topological polar surface area (TPSA) is 61.2 Å². The first-order valence-corrected chi connectivity index (χ1v) is 9.12. The third kappa shape index (κ3) is 3.03. The van der Waals surface area contributed by atoms with Crippen molar-refractivity contribution < 1.29 is 9.47 Å². The quantitative estimate of drug-likeness (QED) is 0.692. The van der Waals surface area contributed by atoms with E-state index >= 15 is 0 Å². The van der Waals surface area contributed by atoms with Gasteiger partial charge in [0.2, 0.25) is 5.95 Å². The highest BCUT2D eigenvalue weighted by Crippen LogP contribution is 2.41. The van der Waals surface area contributed by atoms with E-state index in [4.69, 9.17) is 9.47 Å². The second-order valence-corrected chi connectivity index (χ2v) is 7.05. The first-order chi connectivity index (χ1) is 12.7. The molecule has 0 radical (unpaired) electrons. The molecule has 3 aromatic rings. The summed E-state index contributed by atoms with van der Waals surface area (Å²) in [7, 11) is 3.35. The molecule has 1 aliphatic rings. The first kappa shape index (κ1) is 16.9. The average molecular weight is 415 g/mol. The largest absolute Gasteiger partial charge is 0.497 e. The van der Waals surface area contributed by atoms with Gasteiger partial charge in [-0.3, -0.25) is 0 Å². The molecule has 2 heterocycles. The SMILES string of the molecule is COc1ccc(OC)c([C@@H]2C[C@H](c3ccc(Br)cc3)Nc3ncnn32)c1. The second-order valence-electron chi connectivity index (χ2n) is 6.14. The van der Waals surface area contributed by atoms with Crippen LogP contribution in [0.15, 0.2) is 53.3 Å². The van der Waals surface area contributed by atoms with Gasteiger partial charge in [-0.1, -0.05) is 28.1 Å². The maximum Gasteiger partial charge on any atom is 0.222 e. The molecule has 0 fully saturated rings. The van der Waals surface area contributed by atoms with E-state index in [9.17, 15) is 0 Å². The lowest BCUT2D eigenvalue weighted by Gasteiger charge is -2.32. The van der Waals surface area contributed by atoms with E-state index in [0.717, 1.165) is 33.9 Å². The summed E-state index contributed by atoms with van der Waals surface area (Å²) < 4.78 is 14.0. The van der Waals surface area contributed by atoms with Gasteiger partial charge >= 0.3 is 0 Å². The number of hydrogen-bond acceptors (Lipinski definition) is 5. The lowest BCUT2D eigenvalue weighted by atomic mass is 9.92. The Morgan fingerprint density at radius 3 is 2.65 bits per heavy atom. The Bertz CT molecular complexity index is 910. The highest BCUT2D eigenvalue weighted by molar-refractivity contribution is 9.10. The summed E-state index contributed by atoms with van der Waals surface area (Å²) in [4.78, 5) is 4.38. The molecule has 1 aliphatic heterocycles. The summed E-state index contributed by atoms with van der Waals surface area (Å²) in [5.74, 6) is 2.36. The molecule has 0 bridgehead atoms. The van der Waals surface area contributed by atoms with Crippen LogP contribution in [-0.2, 0) is 0 Å². The number of halogens is 1. The van der Waals surface area contributed by atoms with Crippen LogP contribution in [-0.4, -0.2) is 29.0 Å². The van der Waals surface area contributed by atoms with E-state index in [-0.39, 0.29) is 12.1 Å². The molecule has 7 heteroatoms. The molecule has 6 nitrogen and oxygen atoms in total. The van der Waals surface area contributed by atoms with E-state index in [1.54, 1.807) is 20.5 Å². The molecule has 1 aromatic heterocycles. The van der Waals surface area contributed by atoms with Gasteiger partial charge < -0.3 is 14.8 Å². The first-order valence-electron chi connectivity index (χ1n) is 8.33. The van der Waals surface area contributed by atoms with Gasteiger partial charge in [-0.15, -0.1) is 0 Å². The van der Waals surface area contributed by atoms with Gasteiger partial charge in [0.05, 0.1) is 26.3 Å². The lowest BCUT2D eigenvalue weighted by molar-refractivity contribution is 0.373. The fourth-order valence-corrected chi connectivity index (χ4v) is 3.66. The van der Waals surface area contributed by atoms with Crippen LogP contribution in [0.5, 0.6) is 11.5 Å². The van der Waals surface area contributed by atoms with Crippen LogP contribution in [0.3, 0.4) is 0 Å². The molecule has 0 spiro atoms. The maximum atomic E-state index is 5.60. The van der Waals surface area contributed by atoms with Crippen molar-refractivity contribution in [2.45, 2.75) is 18.5 Å². The van der Waals surface area contributed by atoms with Crippen LogP contribution in [0.1, 0.15) is 29.6 Å². The highest BCUT2D eigenvalue weighted by Gasteiger charge is 2.31. The number of anilines is 1. The number of benzene rings is 2. The molecule has 0 saturated heterocycles. The lowest BCUT2D eigenvalue weighted by Crippen LogP contribution is -2.28. The highest BCUT2D eigenvalue weighted by atomic mass is 79.9. The summed E-state index contributed by atoms with van der Waals surface area (Å²) in [5.41, 5.74) is 2.23. The molecular formula is C19H19BrN4O2. The Balaban J connectivity index is 1.77. The maximum absolute atomic E-state index is 5.60. The summed E-state index contributed by atoms with van der Waals surface area (Å²) in [6.45, 7) is 0. The molecule has 4 rings (SSSR count). The fraction of sp³-hybridized carbons (Fsp3) is 0.263. The zero-order chi connectivity index (χ0) is 18.1. The summed E-state index contributed by atoms with van der Waals surface area (Å²) in [6, 6.07) is 14.3. The molecule has 2 aromatic carbocycles. The summed E-state index contributed by atoms with van der Waals surface area (Å²) in [5, 5.41) is 7.91. The third-order valence-electron chi connectivity index (χ3n) is 4.70. The van der Waals surface area contributed by atoms with Gasteiger partial charge in [-0.05, 0) is 42.3 Å². The van der Waals surface area contributed by atoms with Crippen LogP contribution in [0.25, 0.3) is 0 Å². The van der Waals surface area contributed by atoms with Crippen molar-refractivity contribution in [2.24, 2.45) is 0 Å². The molecule has 0 aliphatic carbocycles. The van der Waals surface area contributed by atoms with Crippen molar-refractivity contribution in [3.05, 3.63) is 64.4 Å². The van der Waals surface area contributed by atoms with Crippen molar-refractivity contribution in [3.63, 3.8) is 0 Å². The number of hydrogen-bond donors (Lipinski definition) is 1. The van der Waals surface area contributed by atoms with Gasteiger partial charge in [0.25, 0.3) is 0 Å². The average Bonchev–Trinajstić information content (AvgIpc) is 3.16. The zero-order valence-electron chi connectivity index (χ0n) is 14.5. The Morgan fingerprint density at radius 1 is 1.12 bits per heavy atom. The molecule has 1 N–H and O–H groups in total. The Kier molecular flexibility index (Phi) is 4.55. The van der Waals surface area contributed by atoms with Gasteiger partial charge in [0, 0.05) is 10.0 Å². The second kappa shape index (κ2) is 6.99. The molecule has 0 saturated carbocycles. The monoisotopic (exact) mass is 414 g/mol. The Morgan fingerprint density at radius 2 is 1.92 bits per heavy atom. The number of methoxy groups -OCH3 is 2. The van der Waals surface area contributed by atoms with Crippen molar-refractivity contribution in [3.8, 4) is 11.5 Å². The van der Waals surface area contributed by atoms with Crippen LogP contribution in [0.4, 0.5) is 5.95 Å². The van der Waals surface area contributed by atoms with Gasteiger partial charge in [-0.2, -0.15) is 10.1 Å². The zero-order valence-corrected chi connectivity index (χ0v) is 16.1. The molecular weight excluding hydrogens is 396 g/mol. The number of aromatic nitrogens is 3. The minimum absolute atomic E-state index is 0.00699. The van der Waals surface area contributed by atoms with Crippen molar-refractivity contribution >= 4 is 21.9 Å². The van der Waals surface area contributed by atoms with Crippen molar-refractivity contribution in [2.75, 3.05) is 19.5 Å². The standard InChI is InChI=1S/C19H19BrN4O2/c1-25-14-7-8-18(26-2)15(9-14)17-10-16(12-3-5-13(20)6-4-12)23-19-21-11-22-24(17)19/h3-9,11,16-17H,10H2,1-2H3,(H,21,22,23)/t16-,17+/m1/s1. The number of fused-ring (bicyclic) bond motifs is 1. The van der Waals surface area contributed by atoms with Crippen LogP contribution in [0, 0.1) is 0 Å². The normalized spacial score (nSPS) is 18.7. The Hall–Kier alpha value is -2.54. The van der Waals surface area contributed by atoms with Crippen LogP contribution in [0.2, 0.25) is 0 Å². The minimum atomic E-state index is -0.00699. The van der Waals surface area contributed by atoms with Crippen LogP contribution < -0.4 is 14.8 Å². The van der Waals surface area contributed by atoms with E-state index in [1.165, 1.54) is 5.56 Å². The minimum Gasteiger partial charge on any atom is -0.497 e. The number of ether oxygens (including phenoxy) is 2. The molecule has 2 atom stereocenters. The smallest absolute Gasteiger partial charge is 0.222 e. The van der Waals surface area contributed by atoms with Crippen LogP contribution >= 0.6 is 15.9 Å². The third-order valence-corrected chi connectivity index (χ3v) is 5.23.